The Kier molecular flexibility index (Phi) is 4.19. The van der Waals surface area contributed by atoms with Gasteiger partial charge in [-0.3, -0.25) is 14.3 Å². The minimum atomic E-state index is -0.0762. The topological polar surface area (TPSA) is 87.1 Å². The molecule has 148 valence electrons. The first-order chi connectivity index (χ1) is 14.2. The highest BCUT2D eigenvalue weighted by Crippen LogP contribution is 2.36. The van der Waals surface area contributed by atoms with E-state index in [4.69, 9.17) is 0 Å². The number of amides is 2. The van der Waals surface area contributed by atoms with Gasteiger partial charge in [-0.15, -0.1) is 0 Å². The van der Waals surface area contributed by atoms with Gasteiger partial charge in [0.25, 0.3) is 0 Å². The van der Waals surface area contributed by atoms with Gasteiger partial charge in [0.2, 0.25) is 6.41 Å². The van der Waals surface area contributed by atoms with Gasteiger partial charge >= 0.3 is 6.03 Å². The van der Waals surface area contributed by atoms with Crippen LogP contribution >= 0.6 is 0 Å². The van der Waals surface area contributed by atoms with E-state index in [1.165, 1.54) is 16.5 Å². The summed E-state index contributed by atoms with van der Waals surface area (Å²) in [6, 6.07) is 4.20. The number of fused-ring (bicyclic) bond motifs is 1. The maximum absolute atomic E-state index is 12.6. The smallest absolute Gasteiger partial charge is 0.329 e. The lowest BCUT2D eigenvalue weighted by molar-refractivity contribution is -0.107. The largest absolute Gasteiger partial charge is 0.346 e. The molecule has 3 aromatic rings. The Morgan fingerprint density at radius 2 is 2.24 bits per heavy atom. The van der Waals surface area contributed by atoms with E-state index in [0.29, 0.717) is 18.9 Å². The molecule has 2 amide bonds. The first-order valence-electron chi connectivity index (χ1n) is 9.85. The first-order valence-corrected chi connectivity index (χ1v) is 9.85. The number of anilines is 1. The summed E-state index contributed by atoms with van der Waals surface area (Å²) < 4.78 is 1.50. The van der Waals surface area contributed by atoms with E-state index in [2.05, 4.69) is 28.0 Å². The van der Waals surface area contributed by atoms with Crippen LogP contribution in [-0.2, 0) is 4.79 Å². The second-order valence-corrected chi connectivity index (χ2v) is 7.73. The molecule has 0 saturated heterocycles. The maximum atomic E-state index is 12.6. The number of H-pyrrole nitrogens is 1. The summed E-state index contributed by atoms with van der Waals surface area (Å²) in [7, 11) is 0. The highest BCUT2D eigenvalue weighted by Gasteiger charge is 2.31. The van der Waals surface area contributed by atoms with Gasteiger partial charge in [0, 0.05) is 43.1 Å². The molecule has 1 atom stereocenters. The number of imidazole rings is 1. The molecule has 8 heteroatoms. The number of hydrogen-bond donors (Lipinski definition) is 1. The molecule has 1 aliphatic heterocycles. The van der Waals surface area contributed by atoms with E-state index in [-0.39, 0.29) is 18.0 Å². The molecule has 2 aliphatic rings. The van der Waals surface area contributed by atoms with Crippen LogP contribution in [0, 0.1) is 5.92 Å². The fourth-order valence-corrected chi connectivity index (χ4v) is 4.06. The fraction of sp³-hybridized carbons (Fsp3) is 0.333. The van der Waals surface area contributed by atoms with Crippen molar-refractivity contribution < 1.29 is 9.59 Å². The Morgan fingerprint density at radius 3 is 2.93 bits per heavy atom. The van der Waals surface area contributed by atoms with Crippen LogP contribution in [0.3, 0.4) is 0 Å². The summed E-state index contributed by atoms with van der Waals surface area (Å²) in [4.78, 5) is 39.6. The lowest BCUT2D eigenvalue weighted by Gasteiger charge is -2.31. The van der Waals surface area contributed by atoms with E-state index < -0.39 is 0 Å². The van der Waals surface area contributed by atoms with Crippen molar-refractivity contribution in [3.05, 3.63) is 48.7 Å². The summed E-state index contributed by atoms with van der Waals surface area (Å²) in [5, 5.41) is 1.03. The van der Waals surface area contributed by atoms with Crippen LogP contribution in [0.2, 0.25) is 0 Å². The number of pyridine rings is 1. The zero-order valence-corrected chi connectivity index (χ0v) is 16.2. The zero-order valence-electron chi connectivity index (χ0n) is 16.2. The van der Waals surface area contributed by atoms with Gasteiger partial charge in [-0.2, -0.15) is 0 Å². The summed E-state index contributed by atoms with van der Waals surface area (Å²) in [6.45, 7) is 3.27. The highest BCUT2D eigenvalue weighted by atomic mass is 16.2. The second-order valence-electron chi connectivity index (χ2n) is 7.73. The van der Waals surface area contributed by atoms with Crippen molar-refractivity contribution in [1.82, 2.24) is 24.4 Å². The average molecular weight is 390 g/mol. The number of aromatic nitrogens is 4. The molecule has 4 heterocycles. The van der Waals surface area contributed by atoms with Crippen LogP contribution in [0.5, 0.6) is 0 Å². The van der Waals surface area contributed by atoms with Gasteiger partial charge < -0.3 is 9.88 Å². The minimum Gasteiger partial charge on any atom is -0.346 e. The summed E-state index contributed by atoms with van der Waals surface area (Å²) in [6.07, 6.45) is 11.7. The average Bonchev–Trinajstić information content (AvgIpc) is 3.20. The number of hydrogen-bond acceptors (Lipinski definition) is 4. The molecule has 1 saturated carbocycles. The Labute approximate surface area is 167 Å². The quantitative estimate of drug-likeness (QED) is 0.694. The molecule has 29 heavy (non-hydrogen) atoms. The van der Waals surface area contributed by atoms with Crippen molar-refractivity contribution in [3.8, 4) is 0 Å². The van der Waals surface area contributed by atoms with Crippen molar-refractivity contribution in [2.75, 3.05) is 18.0 Å². The van der Waals surface area contributed by atoms with Gasteiger partial charge in [0.05, 0.1) is 0 Å². The van der Waals surface area contributed by atoms with E-state index in [1.54, 1.807) is 17.3 Å². The predicted octanol–water partition coefficient (Wildman–Crippen LogP) is 2.89. The molecule has 1 aliphatic carbocycles. The molecule has 0 spiro atoms. The molecule has 0 aromatic carbocycles. The number of carbonyl (C=O) groups is 2. The van der Waals surface area contributed by atoms with Crippen molar-refractivity contribution in [2.24, 2.45) is 5.92 Å². The van der Waals surface area contributed by atoms with Crippen LogP contribution in [0.4, 0.5) is 10.6 Å². The van der Waals surface area contributed by atoms with Gasteiger partial charge in [-0.1, -0.05) is 13.0 Å². The third-order valence-electron chi connectivity index (χ3n) is 5.70. The van der Waals surface area contributed by atoms with E-state index >= 15 is 0 Å². The number of nitrogens with zero attached hydrogens (tertiary/aromatic N) is 5. The molecule has 1 N–H and O–H groups in total. The molecule has 1 unspecified atom stereocenters. The van der Waals surface area contributed by atoms with E-state index in [0.717, 1.165) is 35.8 Å². The Hall–Kier alpha value is -3.42. The zero-order chi connectivity index (χ0) is 20.0. The van der Waals surface area contributed by atoms with Crippen molar-refractivity contribution >= 4 is 34.9 Å². The SMILES string of the molecule is CC1CN(C(=O)n2ccnc2)CC=C1c1cc(N(C=O)C2CC2)nc2[nH]ccc12. The van der Waals surface area contributed by atoms with Crippen LogP contribution in [0.15, 0.2) is 43.1 Å². The normalized spacial score (nSPS) is 19.3. The molecule has 0 radical (unpaired) electrons. The molecule has 5 rings (SSSR count). The van der Waals surface area contributed by atoms with E-state index in [9.17, 15) is 9.59 Å². The second kappa shape index (κ2) is 6.88. The summed E-state index contributed by atoms with van der Waals surface area (Å²) >= 11 is 0. The van der Waals surface area contributed by atoms with Crippen molar-refractivity contribution in [1.29, 1.82) is 0 Å². The first kappa shape index (κ1) is 17.7. The van der Waals surface area contributed by atoms with Crippen LogP contribution in [0.1, 0.15) is 25.3 Å². The molecular weight excluding hydrogens is 368 g/mol. The Balaban J connectivity index is 1.51. The van der Waals surface area contributed by atoms with Crippen molar-refractivity contribution in [3.63, 3.8) is 0 Å². The summed E-state index contributed by atoms with van der Waals surface area (Å²) in [5.74, 6) is 0.827. The minimum absolute atomic E-state index is 0.0762. The van der Waals surface area contributed by atoms with Gasteiger partial charge in [0.1, 0.15) is 17.8 Å². The lowest BCUT2D eigenvalue weighted by Crippen LogP contribution is -2.40. The number of rotatable bonds is 4. The Bertz CT molecular complexity index is 1100. The van der Waals surface area contributed by atoms with Crippen LogP contribution < -0.4 is 4.90 Å². The lowest BCUT2D eigenvalue weighted by atomic mass is 9.89. The van der Waals surface area contributed by atoms with Crippen LogP contribution in [-0.4, -0.2) is 56.0 Å². The monoisotopic (exact) mass is 390 g/mol. The number of carbonyl (C=O) groups excluding carboxylic acids is 2. The van der Waals surface area contributed by atoms with Gasteiger partial charge in [0.15, 0.2) is 0 Å². The maximum Gasteiger partial charge on any atom is 0.329 e. The molecule has 0 bridgehead atoms. The fourth-order valence-electron chi connectivity index (χ4n) is 4.06. The van der Waals surface area contributed by atoms with Gasteiger partial charge in [-0.05, 0) is 42.0 Å². The van der Waals surface area contributed by atoms with Gasteiger partial charge in [-0.25, -0.2) is 14.8 Å². The third kappa shape index (κ3) is 3.10. The number of nitrogens with one attached hydrogen (secondary N) is 1. The van der Waals surface area contributed by atoms with E-state index in [1.807, 2.05) is 23.2 Å². The highest BCUT2D eigenvalue weighted by molar-refractivity contribution is 5.94. The standard InChI is InChI=1S/C21H22N6O2/c1-14-11-25(21(29)26-9-7-22-12-26)8-5-16(14)18-10-19(27(13-28)15-2-3-15)24-20-17(18)4-6-23-20/h4-7,9-10,12-15H,2-3,8,11H2,1H3,(H,23,24). The molecular formula is C21H22N6O2. The number of aromatic amines is 1. The predicted molar refractivity (Wildman–Crippen MR) is 109 cm³/mol. The molecule has 8 nitrogen and oxygen atoms in total. The Morgan fingerprint density at radius 1 is 1.38 bits per heavy atom. The molecule has 3 aromatic heterocycles. The van der Waals surface area contributed by atoms with Crippen molar-refractivity contribution in [2.45, 2.75) is 25.8 Å². The van der Waals surface area contributed by atoms with Crippen LogP contribution in [0.25, 0.3) is 16.6 Å². The third-order valence-corrected chi connectivity index (χ3v) is 5.70. The summed E-state index contributed by atoms with van der Waals surface area (Å²) in [5.41, 5.74) is 3.02. The molecule has 1 fully saturated rings.